The van der Waals surface area contributed by atoms with Crippen LogP contribution >= 0.6 is 0 Å². The van der Waals surface area contributed by atoms with Crippen LogP contribution in [0.4, 0.5) is 5.69 Å². The monoisotopic (exact) mass is 420 g/mol. The summed E-state index contributed by atoms with van der Waals surface area (Å²) < 4.78 is 0. The first-order valence-corrected chi connectivity index (χ1v) is 11.0. The van der Waals surface area contributed by atoms with Crippen LogP contribution in [0.15, 0.2) is 71.7 Å². The lowest BCUT2D eigenvalue weighted by molar-refractivity contribution is -0.224. The Morgan fingerprint density at radius 2 is 1.75 bits per heavy atom. The highest BCUT2D eigenvalue weighted by Gasteiger charge is 2.63. The normalized spacial score (nSPS) is 25.5. The lowest BCUT2D eigenvalue weighted by Gasteiger charge is -2.44. The highest BCUT2D eigenvalue weighted by Crippen LogP contribution is 2.61. The number of hydrogen-bond acceptors (Lipinski definition) is 4. The third-order valence-electron chi connectivity index (χ3n) is 7.41. The van der Waals surface area contributed by atoms with Gasteiger partial charge >= 0.3 is 0 Å². The van der Waals surface area contributed by atoms with Gasteiger partial charge in [0.15, 0.2) is 5.69 Å². The van der Waals surface area contributed by atoms with Crippen molar-refractivity contribution < 1.29 is 4.84 Å². The lowest BCUT2D eigenvalue weighted by atomic mass is 9.65. The molecule has 1 aliphatic heterocycles. The van der Waals surface area contributed by atoms with Gasteiger partial charge < -0.3 is 5.73 Å². The molecule has 0 saturated carbocycles. The van der Waals surface area contributed by atoms with Crippen molar-refractivity contribution in [3.05, 3.63) is 100 Å². The van der Waals surface area contributed by atoms with Crippen LogP contribution in [0.5, 0.6) is 0 Å². The third kappa shape index (κ3) is 2.57. The number of nitrogens with zero attached hydrogens (tertiary/aromatic N) is 3. The molecular formula is C27H24N4O. The average Bonchev–Trinajstić information content (AvgIpc) is 3.26. The zero-order valence-electron chi connectivity index (χ0n) is 18.0. The number of guanidine groups is 1. The summed E-state index contributed by atoms with van der Waals surface area (Å²) in [5, 5.41) is 1.61. The van der Waals surface area contributed by atoms with Crippen LogP contribution in [-0.4, -0.2) is 18.1 Å². The van der Waals surface area contributed by atoms with E-state index in [1.54, 1.807) is 5.06 Å². The van der Waals surface area contributed by atoms with Gasteiger partial charge in [0.2, 0.25) is 11.7 Å². The van der Waals surface area contributed by atoms with Crippen molar-refractivity contribution >= 4 is 11.6 Å². The molecule has 0 fully saturated rings. The molecule has 158 valence electrons. The van der Waals surface area contributed by atoms with Gasteiger partial charge in [0, 0.05) is 18.0 Å². The number of hydrogen-bond donors (Lipinski definition) is 1. The summed E-state index contributed by atoms with van der Waals surface area (Å²) in [6.45, 7) is 7.36. The number of aliphatic imine (C=N–C) groups is 1. The first-order valence-electron chi connectivity index (χ1n) is 11.0. The topological polar surface area (TPSA) is 55.2 Å². The van der Waals surface area contributed by atoms with Gasteiger partial charge in [0.1, 0.15) is 0 Å². The third-order valence-corrected chi connectivity index (χ3v) is 7.41. The van der Waals surface area contributed by atoms with Crippen LogP contribution in [-0.2, 0) is 29.8 Å². The van der Waals surface area contributed by atoms with Crippen molar-refractivity contribution in [1.82, 2.24) is 5.06 Å². The fourth-order valence-electron chi connectivity index (χ4n) is 5.81. The molecule has 2 spiro atoms. The number of fused-ring (bicyclic) bond motifs is 4. The molecule has 2 atom stereocenters. The minimum Gasteiger partial charge on any atom is -0.368 e. The number of aryl methyl sites for hydroxylation is 1. The second-order valence-corrected chi connectivity index (χ2v) is 9.14. The highest BCUT2D eigenvalue weighted by molar-refractivity contribution is 5.79. The molecule has 2 unspecified atom stereocenters. The second-order valence-electron chi connectivity index (χ2n) is 9.14. The Balaban J connectivity index is 1.52. The SMILES string of the molecule is [C-]#[N+]c1cccc(-c2ccc3c(c2)C2(N=C(N)N(C)O2)C2(CCc4ccccc4C2)C3)c1. The van der Waals surface area contributed by atoms with Gasteiger partial charge in [0.25, 0.3) is 0 Å². The second kappa shape index (κ2) is 6.69. The molecule has 32 heavy (non-hydrogen) atoms. The fraction of sp³-hybridized carbons (Fsp3) is 0.259. The Bertz CT molecular complexity index is 1320. The summed E-state index contributed by atoms with van der Waals surface area (Å²) in [5.41, 5.74) is 13.1. The van der Waals surface area contributed by atoms with Crippen molar-refractivity contribution in [1.29, 1.82) is 0 Å². The molecule has 6 rings (SSSR count). The predicted octanol–water partition coefficient (Wildman–Crippen LogP) is 4.98. The zero-order chi connectivity index (χ0) is 21.9. The van der Waals surface area contributed by atoms with Crippen molar-refractivity contribution in [2.75, 3.05) is 7.05 Å². The molecule has 2 N–H and O–H groups in total. The molecular weight excluding hydrogens is 396 g/mol. The maximum atomic E-state index is 7.36. The lowest BCUT2D eigenvalue weighted by Crippen LogP contribution is -2.47. The fourth-order valence-corrected chi connectivity index (χ4v) is 5.81. The molecule has 0 bridgehead atoms. The molecule has 0 radical (unpaired) electrons. The van der Waals surface area contributed by atoms with Gasteiger partial charge in [0.05, 0.1) is 6.57 Å². The molecule has 0 amide bonds. The quantitative estimate of drug-likeness (QED) is 0.565. The van der Waals surface area contributed by atoms with E-state index in [9.17, 15) is 0 Å². The number of rotatable bonds is 1. The van der Waals surface area contributed by atoms with Crippen molar-refractivity contribution in [3.8, 4) is 11.1 Å². The van der Waals surface area contributed by atoms with E-state index in [1.807, 2.05) is 31.3 Å². The predicted molar refractivity (Wildman–Crippen MR) is 125 cm³/mol. The smallest absolute Gasteiger partial charge is 0.221 e. The molecule has 1 heterocycles. The standard InChI is InChI=1S/C27H24N4O/c1-29-23-9-5-8-19(14-23)20-10-11-22-17-26(13-12-18-6-3-4-7-21(18)16-26)27(24(22)15-20)30-25(28)31(2)32-27/h3-11,14-15H,12-13,16-17H2,2H3,(H2,28,30). The van der Waals surface area contributed by atoms with E-state index in [0.717, 1.165) is 42.4 Å². The molecule has 5 heteroatoms. The summed E-state index contributed by atoms with van der Waals surface area (Å²) in [6.07, 6.45) is 3.81. The minimum atomic E-state index is -0.831. The molecule has 3 aromatic rings. The van der Waals surface area contributed by atoms with E-state index in [0.29, 0.717) is 11.6 Å². The van der Waals surface area contributed by atoms with Gasteiger partial charge in [-0.15, -0.1) is 0 Å². The summed E-state index contributed by atoms with van der Waals surface area (Å²) in [6, 6.07) is 23.0. The van der Waals surface area contributed by atoms with Gasteiger partial charge in [-0.25, -0.2) is 19.7 Å². The molecule has 3 aromatic carbocycles. The number of nitrogens with two attached hydrogens (primary N) is 1. The summed E-state index contributed by atoms with van der Waals surface area (Å²) >= 11 is 0. The Kier molecular flexibility index (Phi) is 3.99. The number of benzene rings is 3. The summed E-state index contributed by atoms with van der Waals surface area (Å²) in [5.74, 6) is 0.413. The van der Waals surface area contributed by atoms with Crippen LogP contribution in [0.1, 0.15) is 28.7 Å². The van der Waals surface area contributed by atoms with E-state index in [4.69, 9.17) is 22.1 Å². The van der Waals surface area contributed by atoms with Gasteiger partial charge in [-0.3, -0.25) is 0 Å². The van der Waals surface area contributed by atoms with E-state index in [2.05, 4.69) is 47.3 Å². The minimum absolute atomic E-state index is 0.184. The highest BCUT2D eigenvalue weighted by atomic mass is 16.7. The molecule has 0 aromatic heterocycles. The number of hydroxylamine groups is 2. The first-order chi connectivity index (χ1) is 15.5. The largest absolute Gasteiger partial charge is 0.368 e. The van der Waals surface area contributed by atoms with Crippen LogP contribution in [0, 0.1) is 12.0 Å². The van der Waals surface area contributed by atoms with Gasteiger partial charge in [-0.1, -0.05) is 54.6 Å². The molecule has 3 aliphatic rings. The first kappa shape index (κ1) is 19.1. The van der Waals surface area contributed by atoms with E-state index < -0.39 is 5.72 Å². The Morgan fingerprint density at radius 1 is 0.969 bits per heavy atom. The van der Waals surface area contributed by atoms with Crippen LogP contribution in [0.2, 0.25) is 0 Å². The van der Waals surface area contributed by atoms with Crippen molar-refractivity contribution in [3.63, 3.8) is 0 Å². The zero-order valence-corrected chi connectivity index (χ0v) is 18.0. The summed E-state index contributed by atoms with van der Waals surface area (Å²) in [4.78, 5) is 15.1. The Morgan fingerprint density at radius 3 is 2.53 bits per heavy atom. The summed E-state index contributed by atoms with van der Waals surface area (Å²) in [7, 11) is 1.83. The maximum Gasteiger partial charge on any atom is 0.221 e. The average molecular weight is 421 g/mol. The van der Waals surface area contributed by atoms with Gasteiger partial charge in [-0.05, 0) is 65.6 Å². The Hall–Kier alpha value is -3.62. The van der Waals surface area contributed by atoms with Gasteiger partial charge in [-0.2, -0.15) is 0 Å². The van der Waals surface area contributed by atoms with Crippen molar-refractivity contribution in [2.24, 2.45) is 16.1 Å². The van der Waals surface area contributed by atoms with E-state index >= 15 is 0 Å². The van der Waals surface area contributed by atoms with Crippen LogP contribution < -0.4 is 5.73 Å². The van der Waals surface area contributed by atoms with Crippen LogP contribution in [0.3, 0.4) is 0 Å². The molecule has 5 nitrogen and oxygen atoms in total. The molecule has 2 aliphatic carbocycles. The maximum absolute atomic E-state index is 7.36. The van der Waals surface area contributed by atoms with E-state index in [1.165, 1.54) is 16.7 Å². The molecule has 0 saturated heterocycles. The van der Waals surface area contributed by atoms with E-state index in [-0.39, 0.29) is 5.41 Å². The van der Waals surface area contributed by atoms with Crippen LogP contribution in [0.25, 0.3) is 16.0 Å². The van der Waals surface area contributed by atoms with Crippen molar-refractivity contribution in [2.45, 2.75) is 31.4 Å². The Labute approximate surface area is 187 Å².